The van der Waals surface area contributed by atoms with Gasteiger partial charge in [0.1, 0.15) is 5.82 Å². The Balaban J connectivity index is 2.10. The molecule has 6 heteroatoms. The van der Waals surface area contributed by atoms with Crippen LogP contribution in [0, 0.1) is 0 Å². The van der Waals surface area contributed by atoms with Gasteiger partial charge in [0.2, 0.25) is 0 Å². The molecule has 5 nitrogen and oxygen atoms in total. The Labute approximate surface area is 104 Å². The molecule has 1 fully saturated rings. The fourth-order valence-electron chi connectivity index (χ4n) is 1.83. The highest BCUT2D eigenvalue weighted by molar-refractivity contribution is 6.33. The van der Waals surface area contributed by atoms with Gasteiger partial charge in [-0.2, -0.15) is 0 Å². The lowest BCUT2D eigenvalue weighted by atomic mass is 10.2. The first kappa shape index (κ1) is 12.1. The van der Waals surface area contributed by atoms with Crippen molar-refractivity contribution in [2.24, 2.45) is 0 Å². The van der Waals surface area contributed by atoms with Gasteiger partial charge in [0, 0.05) is 19.3 Å². The molecule has 1 aromatic rings. The third kappa shape index (κ3) is 3.08. The van der Waals surface area contributed by atoms with E-state index in [1.807, 2.05) is 5.01 Å². The summed E-state index contributed by atoms with van der Waals surface area (Å²) in [6.45, 7) is 1.90. The van der Waals surface area contributed by atoms with E-state index in [2.05, 4.69) is 10.4 Å². The molecule has 0 bridgehead atoms. The van der Waals surface area contributed by atoms with Crippen molar-refractivity contribution < 1.29 is 9.90 Å². The Morgan fingerprint density at radius 1 is 1.41 bits per heavy atom. The molecular weight excluding hydrogens is 242 g/mol. The topological polar surface area (TPSA) is 65.5 Å². The van der Waals surface area contributed by atoms with Gasteiger partial charge in [-0.25, -0.2) is 14.8 Å². The number of hydrazine groups is 1. The summed E-state index contributed by atoms with van der Waals surface area (Å²) in [5.41, 5.74) is 3.17. The van der Waals surface area contributed by atoms with E-state index in [-0.39, 0.29) is 10.6 Å². The minimum absolute atomic E-state index is 0.0705. The zero-order chi connectivity index (χ0) is 12.3. The number of carboxylic acids is 1. The first-order chi connectivity index (χ1) is 8.16. The van der Waals surface area contributed by atoms with Crippen LogP contribution in [0.25, 0.3) is 0 Å². The number of halogens is 1. The van der Waals surface area contributed by atoms with Crippen molar-refractivity contribution in [3.63, 3.8) is 0 Å². The SMILES string of the molecule is O=C(O)c1cc(NN2CCCCC2)ncc1Cl. The molecule has 2 heterocycles. The van der Waals surface area contributed by atoms with Crippen LogP contribution in [-0.2, 0) is 0 Å². The van der Waals surface area contributed by atoms with Gasteiger partial charge in [-0.1, -0.05) is 18.0 Å². The highest BCUT2D eigenvalue weighted by Gasteiger charge is 2.13. The molecule has 0 amide bonds. The Kier molecular flexibility index (Phi) is 3.81. The molecular formula is C11H14ClN3O2. The number of anilines is 1. The highest BCUT2D eigenvalue weighted by Crippen LogP contribution is 2.19. The van der Waals surface area contributed by atoms with Gasteiger partial charge >= 0.3 is 5.97 Å². The van der Waals surface area contributed by atoms with Crippen LogP contribution in [0.2, 0.25) is 5.02 Å². The predicted octanol–water partition coefficient (Wildman–Crippen LogP) is 2.25. The minimum atomic E-state index is -1.04. The van der Waals surface area contributed by atoms with E-state index in [0.29, 0.717) is 5.82 Å². The van der Waals surface area contributed by atoms with Gasteiger partial charge in [0.25, 0.3) is 0 Å². The highest BCUT2D eigenvalue weighted by atomic mass is 35.5. The van der Waals surface area contributed by atoms with E-state index in [0.717, 1.165) is 25.9 Å². The standard InChI is InChI=1S/C11H14ClN3O2/c12-9-7-13-10(6-8(9)11(16)17)14-15-4-2-1-3-5-15/h6-7H,1-5H2,(H,13,14)(H,16,17). The first-order valence-electron chi connectivity index (χ1n) is 5.57. The quantitative estimate of drug-likeness (QED) is 0.867. The van der Waals surface area contributed by atoms with Crippen molar-refractivity contribution in [1.29, 1.82) is 0 Å². The Morgan fingerprint density at radius 2 is 2.12 bits per heavy atom. The smallest absolute Gasteiger partial charge is 0.337 e. The molecule has 0 unspecified atom stereocenters. The molecule has 1 aromatic heterocycles. The van der Waals surface area contributed by atoms with E-state index >= 15 is 0 Å². The van der Waals surface area contributed by atoms with Crippen molar-refractivity contribution in [2.45, 2.75) is 19.3 Å². The van der Waals surface area contributed by atoms with Gasteiger partial charge in [0.15, 0.2) is 0 Å². The lowest BCUT2D eigenvalue weighted by molar-refractivity contribution is 0.0697. The molecule has 0 atom stereocenters. The molecule has 17 heavy (non-hydrogen) atoms. The zero-order valence-corrected chi connectivity index (χ0v) is 10.1. The number of carboxylic acid groups (broad SMARTS) is 1. The van der Waals surface area contributed by atoms with Gasteiger partial charge in [-0.3, -0.25) is 0 Å². The third-order valence-electron chi connectivity index (χ3n) is 2.71. The Bertz CT molecular complexity index is 419. The number of rotatable bonds is 3. The first-order valence-corrected chi connectivity index (χ1v) is 5.95. The lowest BCUT2D eigenvalue weighted by Crippen LogP contribution is -2.35. The number of hydrogen-bond acceptors (Lipinski definition) is 4. The second kappa shape index (κ2) is 5.33. The summed E-state index contributed by atoms with van der Waals surface area (Å²) in [4.78, 5) is 15.0. The monoisotopic (exact) mass is 255 g/mol. The summed E-state index contributed by atoms with van der Waals surface area (Å²) in [6.07, 6.45) is 4.89. The molecule has 0 saturated carbocycles. The van der Waals surface area contributed by atoms with Crippen molar-refractivity contribution in [3.8, 4) is 0 Å². The number of pyridine rings is 1. The summed E-state index contributed by atoms with van der Waals surface area (Å²) >= 11 is 5.75. The predicted molar refractivity (Wildman–Crippen MR) is 65.3 cm³/mol. The van der Waals surface area contributed by atoms with Crippen LogP contribution in [0.4, 0.5) is 5.82 Å². The number of aromatic nitrogens is 1. The second-order valence-electron chi connectivity index (χ2n) is 4.01. The second-order valence-corrected chi connectivity index (χ2v) is 4.42. The Morgan fingerprint density at radius 3 is 2.76 bits per heavy atom. The van der Waals surface area contributed by atoms with Crippen LogP contribution in [0.15, 0.2) is 12.3 Å². The zero-order valence-electron chi connectivity index (χ0n) is 9.32. The maximum absolute atomic E-state index is 10.9. The van der Waals surface area contributed by atoms with Crippen LogP contribution in [0.1, 0.15) is 29.6 Å². The summed E-state index contributed by atoms with van der Waals surface area (Å²) in [6, 6.07) is 1.46. The van der Waals surface area contributed by atoms with Crippen LogP contribution in [0.5, 0.6) is 0 Å². The number of aromatic carboxylic acids is 1. The molecule has 0 spiro atoms. The van der Waals surface area contributed by atoms with Crippen molar-refractivity contribution >= 4 is 23.4 Å². The Hall–Kier alpha value is -1.33. The third-order valence-corrected chi connectivity index (χ3v) is 3.02. The molecule has 2 N–H and O–H groups in total. The average Bonchev–Trinajstić information content (AvgIpc) is 2.32. The number of nitrogens with one attached hydrogen (secondary N) is 1. The maximum atomic E-state index is 10.9. The molecule has 1 aliphatic heterocycles. The largest absolute Gasteiger partial charge is 0.478 e. The minimum Gasteiger partial charge on any atom is -0.478 e. The van der Waals surface area contributed by atoms with Crippen molar-refractivity contribution in [1.82, 2.24) is 9.99 Å². The lowest BCUT2D eigenvalue weighted by Gasteiger charge is -2.27. The van der Waals surface area contributed by atoms with Crippen LogP contribution in [-0.4, -0.2) is 34.2 Å². The van der Waals surface area contributed by atoms with Gasteiger partial charge < -0.3 is 10.5 Å². The van der Waals surface area contributed by atoms with Crippen molar-refractivity contribution in [2.75, 3.05) is 18.5 Å². The van der Waals surface area contributed by atoms with Crippen LogP contribution in [0.3, 0.4) is 0 Å². The normalized spacial score (nSPS) is 16.8. The summed E-state index contributed by atoms with van der Waals surface area (Å²) in [5, 5.41) is 11.1. The molecule has 1 saturated heterocycles. The van der Waals surface area contributed by atoms with Gasteiger partial charge in [0.05, 0.1) is 10.6 Å². The van der Waals surface area contributed by atoms with E-state index in [4.69, 9.17) is 16.7 Å². The van der Waals surface area contributed by atoms with Gasteiger partial charge in [-0.05, 0) is 18.9 Å². The summed E-state index contributed by atoms with van der Waals surface area (Å²) in [5.74, 6) is -0.521. The molecule has 0 aromatic carbocycles. The number of nitrogens with zero attached hydrogens (tertiary/aromatic N) is 2. The molecule has 2 rings (SSSR count). The fourth-order valence-corrected chi connectivity index (χ4v) is 2.02. The molecule has 0 aliphatic carbocycles. The van der Waals surface area contributed by atoms with E-state index < -0.39 is 5.97 Å². The van der Waals surface area contributed by atoms with E-state index in [1.54, 1.807) is 0 Å². The molecule has 1 aliphatic rings. The fraction of sp³-hybridized carbons (Fsp3) is 0.455. The van der Waals surface area contributed by atoms with Gasteiger partial charge in [-0.15, -0.1) is 0 Å². The van der Waals surface area contributed by atoms with E-state index in [1.165, 1.54) is 18.7 Å². The van der Waals surface area contributed by atoms with Crippen LogP contribution < -0.4 is 5.43 Å². The molecule has 92 valence electrons. The maximum Gasteiger partial charge on any atom is 0.337 e. The number of carbonyl (C=O) groups is 1. The van der Waals surface area contributed by atoms with Crippen LogP contribution >= 0.6 is 11.6 Å². The van der Waals surface area contributed by atoms with Crippen molar-refractivity contribution in [3.05, 3.63) is 22.8 Å². The average molecular weight is 256 g/mol. The van der Waals surface area contributed by atoms with E-state index in [9.17, 15) is 4.79 Å². The number of hydrogen-bond donors (Lipinski definition) is 2. The summed E-state index contributed by atoms with van der Waals surface area (Å²) in [7, 11) is 0. The number of piperidine rings is 1. The summed E-state index contributed by atoms with van der Waals surface area (Å²) < 4.78 is 0. The molecule has 0 radical (unpaired) electrons.